The number of amides is 1. The van der Waals surface area contributed by atoms with Crippen LogP contribution in [-0.2, 0) is 14.3 Å². The number of hydrogen-bond donors (Lipinski definition) is 1. The number of esters is 1. The van der Waals surface area contributed by atoms with E-state index >= 15 is 0 Å². The number of ether oxygens (including phenoxy) is 2. The monoisotopic (exact) mass is 421 g/mol. The van der Waals surface area contributed by atoms with Crippen LogP contribution in [0.3, 0.4) is 0 Å². The Morgan fingerprint density at radius 2 is 1.33 bits per heavy atom. The summed E-state index contributed by atoms with van der Waals surface area (Å²) in [5, 5.41) is 2.79. The lowest BCUT2D eigenvalue weighted by molar-refractivity contribution is -0.137. The van der Waals surface area contributed by atoms with Crippen LogP contribution in [0.5, 0.6) is 0 Å². The molecule has 27 heavy (non-hydrogen) atoms. The quantitative estimate of drug-likeness (QED) is 0.270. The summed E-state index contributed by atoms with van der Waals surface area (Å²) >= 11 is 3.63. The minimum absolute atomic E-state index is 0.128. The molecular formula is C20H39NO4S2. The molecule has 0 saturated carbocycles. The molecule has 0 radical (unpaired) electrons. The minimum atomic E-state index is -0.428. The second-order valence-corrected chi connectivity index (χ2v) is 9.83. The highest BCUT2D eigenvalue weighted by Gasteiger charge is 2.15. The zero-order valence-electron chi connectivity index (χ0n) is 17.6. The molecule has 0 atom stereocenters. The topological polar surface area (TPSA) is 64.6 Å². The summed E-state index contributed by atoms with van der Waals surface area (Å²) in [5.74, 6) is 3.69. The van der Waals surface area contributed by atoms with Crippen molar-refractivity contribution >= 4 is 35.6 Å². The van der Waals surface area contributed by atoms with Crippen molar-refractivity contribution in [1.29, 1.82) is 0 Å². The van der Waals surface area contributed by atoms with Gasteiger partial charge in [-0.2, -0.15) is 23.5 Å². The summed E-state index contributed by atoms with van der Waals surface area (Å²) in [5.41, 5.74) is -0.428. The van der Waals surface area contributed by atoms with Gasteiger partial charge in [-0.05, 0) is 57.3 Å². The summed E-state index contributed by atoms with van der Waals surface area (Å²) in [6.07, 6.45) is 9.61. The summed E-state index contributed by atoms with van der Waals surface area (Å²) in [4.78, 5) is 22.4. The lowest BCUT2D eigenvalue weighted by Gasteiger charge is -2.19. The van der Waals surface area contributed by atoms with E-state index in [0.29, 0.717) is 12.3 Å². The summed E-state index contributed by atoms with van der Waals surface area (Å²) in [6, 6.07) is 0. The van der Waals surface area contributed by atoms with E-state index in [1.54, 1.807) is 11.8 Å². The third-order valence-corrected chi connectivity index (χ3v) is 5.83. The molecule has 160 valence electrons. The maximum Gasteiger partial charge on any atom is 0.407 e. The Hall–Kier alpha value is -0.560. The molecule has 0 aliphatic rings. The van der Waals surface area contributed by atoms with Gasteiger partial charge < -0.3 is 14.8 Å². The summed E-state index contributed by atoms with van der Waals surface area (Å²) in [6.45, 7) is 6.29. The number of nitrogens with one attached hydrogen (secondary N) is 1. The lowest BCUT2D eigenvalue weighted by atomic mass is 10.1. The van der Waals surface area contributed by atoms with Crippen molar-refractivity contribution in [2.45, 2.75) is 77.7 Å². The first kappa shape index (κ1) is 26.4. The first-order chi connectivity index (χ1) is 12.8. The fraction of sp³-hybridized carbons (Fsp3) is 0.900. The highest BCUT2D eigenvalue weighted by Crippen LogP contribution is 2.13. The number of methoxy groups -OCH3 is 1. The SMILES string of the molecule is COC(=O)CSCCCCCCCCCSCCCNC(=O)OC(C)(C)C. The van der Waals surface area contributed by atoms with E-state index in [4.69, 9.17) is 4.74 Å². The van der Waals surface area contributed by atoms with E-state index in [-0.39, 0.29) is 12.1 Å². The Morgan fingerprint density at radius 3 is 1.89 bits per heavy atom. The maximum absolute atomic E-state index is 11.5. The number of hydrogen-bond acceptors (Lipinski definition) is 6. The van der Waals surface area contributed by atoms with Crippen molar-refractivity contribution in [2.24, 2.45) is 0 Å². The molecule has 0 aromatic heterocycles. The fourth-order valence-electron chi connectivity index (χ4n) is 2.29. The average molecular weight is 422 g/mol. The van der Waals surface area contributed by atoms with Crippen molar-refractivity contribution in [2.75, 3.05) is 36.7 Å². The van der Waals surface area contributed by atoms with Crippen LogP contribution in [0.2, 0.25) is 0 Å². The Labute approximate surface area is 174 Å². The average Bonchev–Trinajstić information content (AvgIpc) is 2.59. The molecule has 0 unspecified atom stereocenters. The predicted molar refractivity (Wildman–Crippen MR) is 118 cm³/mol. The Bertz CT molecular complexity index is 387. The van der Waals surface area contributed by atoms with E-state index in [2.05, 4.69) is 10.1 Å². The van der Waals surface area contributed by atoms with Crippen molar-refractivity contribution in [1.82, 2.24) is 5.32 Å². The van der Waals surface area contributed by atoms with Gasteiger partial charge in [0.15, 0.2) is 0 Å². The van der Waals surface area contributed by atoms with Gasteiger partial charge in [-0.1, -0.05) is 32.1 Å². The number of thioether (sulfide) groups is 2. The van der Waals surface area contributed by atoms with Crippen LogP contribution < -0.4 is 5.32 Å². The minimum Gasteiger partial charge on any atom is -0.468 e. The Morgan fingerprint density at radius 1 is 0.815 bits per heavy atom. The summed E-state index contributed by atoms with van der Waals surface area (Å²) < 4.78 is 9.81. The molecule has 0 heterocycles. The largest absolute Gasteiger partial charge is 0.468 e. The van der Waals surface area contributed by atoms with Gasteiger partial charge in [0.1, 0.15) is 5.60 Å². The molecule has 5 nitrogen and oxygen atoms in total. The molecule has 0 aromatic rings. The van der Waals surface area contributed by atoms with Gasteiger partial charge in [0.25, 0.3) is 0 Å². The molecule has 0 aliphatic carbocycles. The van der Waals surface area contributed by atoms with E-state index in [9.17, 15) is 9.59 Å². The van der Waals surface area contributed by atoms with Crippen molar-refractivity contribution in [3.63, 3.8) is 0 Å². The molecule has 0 aromatic carbocycles. The van der Waals surface area contributed by atoms with Crippen LogP contribution in [-0.4, -0.2) is 54.3 Å². The van der Waals surface area contributed by atoms with Crippen LogP contribution in [0, 0.1) is 0 Å². The van der Waals surface area contributed by atoms with Gasteiger partial charge in [0.2, 0.25) is 0 Å². The van der Waals surface area contributed by atoms with E-state index in [0.717, 1.165) is 17.9 Å². The molecular weight excluding hydrogens is 382 g/mol. The van der Waals surface area contributed by atoms with E-state index in [1.165, 1.54) is 57.8 Å². The molecule has 7 heteroatoms. The highest BCUT2D eigenvalue weighted by atomic mass is 32.2. The number of unbranched alkanes of at least 4 members (excludes halogenated alkanes) is 6. The predicted octanol–water partition coefficient (Wildman–Crippen LogP) is 5.27. The Balaban J connectivity index is 3.17. The zero-order valence-corrected chi connectivity index (χ0v) is 19.3. The second-order valence-electron chi connectivity index (χ2n) is 7.50. The molecule has 0 bridgehead atoms. The molecule has 0 saturated heterocycles. The van der Waals surface area contributed by atoms with Crippen LogP contribution in [0.25, 0.3) is 0 Å². The number of rotatable bonds is 16. The lowest BCUT2D eigenvalue weighted by Crippen LogP contribution is -2.33. The van der Waals surface area contributed by atoms with Gasteiger partial charge in [0.05, 0.1) is 12.9 Å². The summed E-state index contributed by atoms with van der Waals surface area (Å²) in [7, 11) is 1.44. The molecule has 1 N–H and O–H groups in total. The van der Waals surface area contributed by atoms with Crippen LogP contribution in [0.4, 0.5) is 4.79 Å². The third-order valence-electron chi connectivity index (χ3n) is 3.66. The van der Waals surface area contributed by atoms with Gasteiger partial charge >= 0.3 is 12.1 Å². The Kier molecular flexibility index (Phi) is 17.2. The maximum atomic E-state index is 11.5. The standard InChI is InChI=1S/C20H39NO4S2/c1-20(2,3)25-19(23)21-13-12-16-26-14-10-8-6-5-7-9-11-15-27-17-18(22)24-4/h5-17H2,1-4H3,(H,21,23). The zero-order chi connectivity index (χ0) is 20.4. The van der Waals surface area contributed by atoms with Crippen LogP contribution in [0.1, 0.15) is 72.1 Å². The van der Waals surface area contributed by atoms with Crippen molar-refractivity contribution in [3.05, 3.63) is 0 Å². The number of carbonyl (C=O) groups excluding carboxylic acids is 2. The molecule has 0 rings (SSSR count). The highest BCUT2D eigenvalue weighted by molar-refractivity contribution is 7.99. The van der Waals surface area contributed by atoms with Gasteiger partial charge in [-0.25, -0.2) is 4.79 Å². The van der Waals surface area contributed by atoms with Crippen LogP contribution >= 0.6 is 23.5 Å². The van der Waals surface area contributed by atoms with E-state index < -0.39 is 5.60 Å². The molecule has 1 amide bonds. The number of carbonyl (C=O) groups is 2. The second kappa shape index (κ2) is 17.5. The van der Waals surface area contributed by atoms with E-state index in [1.807, 2.05) is 32.5 Å². The molecule has 0 fully saturated rings. The number of alkyl carbamates (subject to hydrolysis) is 1. The molecule has 0 spiro atoms. The normalized spacial score (nSPS) is 11.3. The fourth-order valence-corrected chi connectivity index (χ4v) is 4.09. The third kappa shape index (κ3) is 21.6. The van der Waals surface area contributed by atoms with Gasteiger partial charge in [0, 0.05) is 6.54 Å². The van der Waals surface area contributed by atoms with Crippen molar-refractivity contribution in [3.8, 4) is 0 Å². The first-order valence-corrected chi connectivity index (χ1v) is 12.4. The van der Waals surface area contributed by atoms with Gasteiger partial charge in [-0.3, -0.25) is 4.79 Å². The smallest absolute Gasteiger partial charge is 0.407 e. The van der Waals surface area contributed by atoms with Gasteiger partial charge in [-0.15, -0.1) is 0 Å². The first-order valence-electron chi connectivity index (χ1n) is 10.0. The van der Waals surface area contributed by atoms with Crippen LogP contribution in [0.15, 0.2) is 0 Å². The molecule has 0 aliphatic heterocycles. The van der Waals surface area contributed by atoms with Crippen molar-refractivity contribution < 1.29 is 19.1 Å².